The van der Waals surface area contributed by atoms with Crippen LogP contribution in [-0.2, 0) is 4.74 Å². The summed E-state index contributed by atoms with van der Waals surface area (Å²) in [6.07, 6.45) is 3.07. The monoisotopic (exact) mass is 240 g/mol. The Bertz CT molecular complexity index is 249. The van der Waals surface area contributed by atoms with Gasteiger partial charge in [-0.05, 0) is 31.7 Å². The summed E-state index contributed by atoms with van der Waals surface area (Å²) in [6, 6.07) is 1.24. The van der Waals surface area contributed by atoms with Crippen LogP contribution in [0, 0.1) is 5.41 Å². The smallest absolute Gasteiger partial charge is 0.0827 e. The SMILES string of the molecule is C[C@H](NC[C@H]1CN2CCC[C@H]2CO1)C(C)(C)C. The quantitative estimate of drug-likeness (QED) is 0.815. The lowest BCUT2D eigenvalue weighted by atomic mass is 9.88. The highest BCUT2D eigenvalue weighted by molar-refractivity contribution is 4.87. The highest BCUT2D eigenvalue weighted by atomic mass is 16.5. The van der Waals surface area contributed by atoms with Gasteiger partial charge in [0.2, 0.25) is 0 Å². The first-order valence-corrected chi connectivity index (χ1v) is 7.06. The average Bonchev–Trinajstić information content (AvgIpc) is 2.71. The van der Waals surface area contributed by atoms with Crippen LogP contribution in [0.2, 0.25) is 0 Å². The van der Waals surface area contributed by atoms with E-state index in [1.807, 2.05) is 0 Å². The second kappa shape index (κ2) is 5.25. The molecule has 100 valence electrons. The molecule has 3 heteroatoms. The predicted molar refractivity (Wildman–Crippen MR) is 71.3 cm³/mol. The molecule has 0 radical (unpaired) electrons. The molecular formula is C14H28N2O. The second-order valence-corrected chi connectivity index (χ2v) is 6.74. The molecule has 0 aromatic heterocycles. The molecule has 2 aliphatic rings. The number of morpholine rings is 1. The fraction of sp³-hybridized carbons (Fsp3) is 1.00. The summed E-state index contributed by atoms with van der Waals surface area (Å²) in [6.45, 7) is 13.4. The van der Waals surface area contributed by atoms with Gasteiger partial charge in [0.15, 0.2) is 0 Å². The van der Waals surface area contributed by atoms with Gasteiger partial charge in [-0.1, -0.05) is 20.8 Å². The van der Waals surface area contributed by atoms with Crippen molar-refractivity contribution in [2.45, 2.75) is 58.7 Å². The van der Waals surface area contributed by atoms with E-state index in [0.717, 1.165) is 19.7 Å². The highest BCUT2D eigenvalue weighted by Crippen LogP contribution is 2.23. The van der Waals surface area contributed by atoms with E-state index in [4.69, 9.17) is 4.74 Å². The maximum atomic E-state index is 5.95. The summed E-state index contributed by atoms with van der Waals surface area (Å²) in [7, 11) is 0. The van der Waals surface area contributed by atoms with E-state index >= 15 is 0 Å². The summed E-state index contributed by atoms with van der Waals surface area (Å²) in [4.78, 5) is 2.61. The van der Waals surface area contributed by atoms with Crippen molar-refractivity contribution < 1.29 is 4.74 Å². The van der Waals surface area contributed by atoms with Gasteiger partial charge in [0.1, 0.15) is 0 Å². The van der Waals surface area contributed by atoms with Crippen LogP contribution in [0.15, 0.2) is 0 Å². The van der Waals surface area contributed by atoms with Crippen molar-refractivity contribution in [3.63, 3.8) is 0 Å². The van der Waals surface area contributed by atoms with Crippen LogP contribution in [0.3, 0.4) is 0 Å². The average molecular weight is 240 g/mol. The van der Waals surface area contributed by atoms with Gasteiger partial charge < -0.3 is 10.1 Å². The zero-order valence-electron chi connectivity index (χ0n) is 11.8. The number of fused-ring (bicyclic) bond motifs is 1. The first-order valence-electron chi connectivity index (χ1n) is 7.06. The van der Waals surface area contributed by atoms with Gasteiger partial charge in [-0.15, -0.1) is 0 Å². The van der Waals surface area contributed by atoms with Crippen molar-refractivity contribution in [2.75, 3.05) is 26.2 Å². The maximum absolute atomic E-state index is 5.95. The van der Waals surface area contributed by atoms with Gasteiger partial charge in [-0.3, -0.25) is 4.90 Å². The third-order valence-electron chi connectivity index (χ3n) is 4.41. The molecule has 1 N–H and O–H groups in total. The fourth-order valence-electron chi connectivity index (χ4n) is 2.62. The zero-order valence-corrected chi connectivity index (χ0v) is 11.8. The summed E-state index contributed by atoms with van der Waals surface area (Å²) in [5.74, 6) is 0. The fourth-order valence-corrected chi connectivity index (χ4v) is 2.62. The minimum Gasteiger partial charge on any atom is -0.374 e. The molecule has 2 saturated heterocycles. The van der Waals surface area contributed by atoms with Crippen LogP contribution in [-0.4, -0.2) is 49.3 Å². The third kappa shape index (κ3) is 3.43. The van der Waals surface area contributed by atoms with Gasteiger partial charge in [0, 0.05) is 25.2 Å². The van der Waals surface area contributed by atoms with Crippen molar-refractivity contribution >= 4 is 0 Å². The molecule has 0 aromatic carbocycles. The molecule has 0 saturated carbocycles. The largest absolute Gasteiger partial charge is 0.374 e. The van der Waals surface area contributed by atoms with Crippen LogP contribution in [0.4, 0.5) is 0 Å². The molecule has 2 heterocycles. The Morgan fingerprint density at radius 1 is 1.41 bits per heavy atom. The first kappa shape index (κ1) is 13.3. The van der Waals surface area contributed by atoms with E-state index in [0.29, 0.717) is 23.6 Å². The number of hydrogen-bond acceptors (Lipinski definition) is 3. The van der Waals surface area contributed by atoms with Gasteiger partial charge >= 0.3 is 0 Å². The van der Waals surface area contributed by atoms with Crippen LogP contribution < -0.4 is 5.32 Å². The van der Waals surface area contributed by atoms with Crippen molar-refractivity contribution in [2.24, 2.45) is 5.41 Å². The molecule has 2 fully saturated rings. The molecule has 0 aromatic rings. The molecule has 0 bridgehead atoms. The molecule has 17 heavy (non-hydrogen) atoms. The van der Waals surface area contributed by atoms with Gasteiger partial charge in [0.25, 0.3) is 0 Å². The van der Waals surface area contributed by atoms with Gasteiger partial charge in [-0.2, -0.15) is 0 Å². The third-order valence-corrected chi connectivity index (χ3v) is 4.41. The Labute approximate surface area is 106 Å². The van der Waals surface area contributed by atoms with Crippen molar-refractivity contribution in [1.82, 2.24) is 10.2 Å². The van der Waals surface area contributed by atoms with E-state index in [9.17, 15) is 0 Å². The molecule has 3 nitrogen and oxygen atoms in total. The maximum Gasteiger partial charge on any atom is 0.0827 e. The number of nitrogens with one attached hydrogen (secondary N) is 1. The van der Waals surface area contributed by atoms with Crippen LogP contribution in [0.1, 0.15) is 40.5 Å². The summed E-state index contributed by atoms with van der Waals surface area (Å²) >= 11 is 0. The van der Waals surface area contributed by atoms with E-state index in [2.05, 4.69) is 37.9 Å². The second-order valence-electron chi connectivity index (χ2n) is 6.74. The summed E-state index contributed by atoms with van der Waals surface area (Å²) in [5, 5.41) is 3.62. The Morgan fingerprint density at radius 2 is 2.18 bits per heavy atom. The lowest BCUT2D eigenvalue weighted by Gasteiger charge is -2.37. The number of ether oxygens (including phenoxy) is 1. The molecule has 0 spiro atoms. The molecular weight excluding hydrogens is 212 g/mol. The number of hydrogen-bond donors (Lipinski definition) is 1. The van der Waals surface area contributed by atoms with Crippen LogP contribution in [0.5, 0.6) is 0 Å². The normalized spacial score (nSPS) is 32.5. The number of rotatable bonds is 3. The molecule has 2 rings (SSSR count). The van der Waals surface area contributed by atoms with E-state index in [1.54, 1.807) is 0 Å². The van der Waals surface area contributed by atoms with Crippen molar-refractivity contribution in [3.05, 3.63) is 0 Å². The minimum atomic E-state index is 0.324. The molecule has 3 atom stereocenters. The van der Waals surface area contributed by atoms with E-state index in [-0.39, 0.29) is 0 Å². The van der Waals surface area contributed by atoms with Crippen LogP contribution >= 0.6 is 0 Å². The number of nitrogens with zero attached hydrogens (tertiary/aromatic N) is 1. The van der Waals surface area contributed by atoms with Gasteiger partial charge in [0.05, 0.1) is 12.7 Å². The van der Waals surface area contributed by atoms with Crippen molar-refractivity contribution in [3.8, 4) is 0 Å². The molecule has 0 amide bonds. The van der Waals surface area contributed by atoms with Gasteiger partial charge in [-0.25, -0.2) is 0 Å². The standard InChI is InChI=1S/C14H28N2O/c1-11(14(2,3)4)15-8-13-9-16-7-5-6-12(16)10-17-13/h11-13,15H,5-10H2,1-4H3/t11-,12-,13-/m0/s1. The molecule has 2 aliphatic heterocycles. The van der Waals surface area contributed by atoms with E-state index in [1.165, 1.54) is 19.4 Å². The topological polar surface area (TPSA) is 24.5 Å². The zero-order chi connectivity index (χ0) is 12.5. The highest BCUT2D eigenvalue weighted by Gasteiger charge is 2.32. The Kier molecular flexibility index (Phi) is 4.11. The van der Waals surface area contributed by atoms with Crippen molar-refractivity contribution in [1.29, 1.82) is 0 Å². The summed E-state index contributed by atoms with van der Waals surface area (Å²) in [5.41, 5.74) is 0.324. The predicted octanol–water partition coefficient (Wildman–Crippen LogP) is 1.87. The summed E-state index contributed by atoms with van der Waals surface area (Å²) < 4.78 is 5.95. The minimum absolute atomic E-state index is 0.324. The molecule has 0 unspecified atom stereocenters. The Balaban J connectivity index is 1.73. The van der Waals surface area contributed by atoms with E-state index < -0.39 is 0 Å². The Morgan fingerprint density at radius 3 is 2.88 bits per heavy atom. The lowest BCUT2D eigenvalue weighted by molar-refractivity contribution is -0.0487. The molecule has 0 aliphatic carbocycles. The first-order chi connectivity index (χ1) is 7.97. The lowest BCUT2D eigenvalue weighted by Crippen LogP contribution is -2.51. The Hall–Kier alpha value is -0.120. The van der Waals surface area contributed by atoms with Crippen LogP contribution in [0.25, 0.3) is 0 Å².